The lowest BCUT2D eigenvalue weighted by atomic mass is 10.1. The SMILES string of the molecule is Cl.Clc1ccc(OC[C@@H]2CCN2)nn1. The number of aromatic nitrogens is 2. The van der Waals surface area contributed by atoms with Crippen molar-refractivity contribution in [2.24, 2.45) is 0 Å². The van der Waals surface area contributed by atoms with Crippen LogP contribution in [0.2, 0.25) is 5.15 Å². The van der Waals surface area contributed by atoms with Gasteiger partial charge in [-0.2, -0.15) is 0 Å². The van der Waals surface area contributed by atoms with Gasteiger partial charge in [-0.05, 0) is 19.0 Å². The zero-order valence-corrected chi connectivity index (χ0v) is 9.01. The second-order valence-corrected chi connectivity index (χ2v) is 3.33. The number of nitrogens with one attached hydrogen (secondary N) is 1. The predicted octanol–water partition coefficient (Wildman–Crippen LogP) is 1.29. The van der Waals surface area contributed by atoms with Crippen LogP contribution in [0.3, 0.4) is 0 Å². The van der Waals surface area contributed by atoms with Gasteiger partial charge in [0.2, 0.25) is 5.88 Å². The molecule has 1 fully saturated rings. The Hall–Kier alpha value is -0.580. The van der Waals surface area contributed by atoms with Crippen LogP contribution in [0.5, 0.6) is 5.88 Å². The van der Waals surface area contributed by atoms with Crippen molar-refractivity contribution in [3.05, 3.63) is 17.3 Å². The maximum atomic E-state index is 5.57. The third-order valence-electron chi connectivity index (χ3n) is 1.97. The molecule has 0 amide bonds. The molecule has 0 spiro atoms. The molecule has 6 heteroatoms. The van der Waals surface area contributed by atoms with Crippen molar-refractivity contribution in [2.45, 2.75) is 12.5 Å². The Morgan fingerprint density at radius 1 is 1.50 bits per heavy atom. The summed E-state index contributed by atoms with van der Waals surface area (Å²) in [5.74, 6) is 0.526. The van der Waals surface area contributed by atoms with Crippen molar-refractivity contribution >= 4 is 24.0 Å². The minimum absolute atomic E-state index is 0. The van der Waals surface area contributed by atoms with Gasteiger partial charge in [-0.3, -0.25) is 0 Å². The van der Waals surface area contributed by atoms with E-state index in [2.05, 4.69) is 15.5 Å². The normalized spacial score (nSPS) is 19.4. The fraction of sp³-hybridized carbons (Fsp3) is 0.500. The summed E-state index contributed by atoms with van der Waals surface area (Å²) in [7, 11) is 0. The van der Waals surface area contributed by atoms with Gasteiger partial charge in [0.1, 0.15) is 6.61 Å². The van der Waals surface area contributed by atoms with E-state index < -0.39 is 0 Å². The molecule has 1 N–H and O–H groups in total. The van der Waals surface area contributed by atoms with Gasteiger partial charge in [0.05, 0.1) is 0 Å². The highest BCUT2D eigenvalue weighted by atomic mass is 35.5. The van der Waals surface area contributed by atoms with Crippen molar-refractivity contribution in [1.29, 1.82) is 0 Å². The molecule has 1 aliphatic heterocycles. The zero-order valence-electron chi connectivity index (χ0n) is 7.44. The molecular weight excluding hydrogens is 225 g/mol. The molecule has 0 saturated carbocycles. The Labute approximate surface area is 93.4 Å². The monoisotopic (exact) mass is 235 g/mol. The van der Waals surface area contributed by atoms with Gasteiger partial charge in [-0.25, -0.2) is 0 Å². The lowest BCUT2D eigenvalue weighted by molar-refractivity contribution is 0.209. The predicted molar refractivity (Wildman–Crippen MR) is 56.2 cm³/mol. The topological polar surface area (TPSA) is 47.0 Å². The second kappa shape index (κ2) is 5.34. The van der Waals surface area contributed by atoms with E-state index in [4.69, 9.17) is 16.3 Å². The Bertz CT molecular complexity index is 276. The van der Waals surface area contributed by atoms with Crippen molar-refractivity contribution < 1.29 is 4.74 Å². The molecule has 2 rings (SSSR count). The van der Waals surface area contributed by atoms with Crippen LogP contribution in [0.15, 0.2) is 12.1 Å². The van der Waals surface area contributed by atoms with Crippen LogP contribution in [-0.2, 0) is 0 Å². The molecule has 4 nitrogen and oxygen atoms in total. The summed E-state index contributed by atoms with van der Waals surface area (Å²) in [5.41, 5.74) is 0. The van der Waals surface area contributed by atoms with Crippen molar-refractivity contribution in [1.82, 2.24) is 15.5 Å². The second-order valence-electron chi connectivity index (χ2n) is 2.95. The minimum Gasteiger partial charge on any atom is -0.475 e. The highest BCUT2D eigenvalue weighted by Crippen LogP contribution is 2.10. The molecule has 1 aromatic heterocycles. The molecule has 1 aliphatic rings. The Morgan fingerprint density at radius 3 is 2.79 bits per heavy atom. The van der Waals surface area contributed by atoms with Crippen LogP contribution in [0.25, 0.3) is 0 Å². The van der Waals surface area contributed by atoms with E-state index in [1.807, 2.05) is 0 Å². The summed E-state index contributed by atoms with van der Waals surface area (Å²) >= 11 is 5.57. The average Bonchev–Trinajstić information content (AvgIpc) is 2.05. The summed E-state index contributed by atoms with van der Waals surface area (Å²) in [6.45, 7) is 1.73. The summed E-state index contributed by atoms with van der Waals surface area (Å²) in [4.78, 5) is 0. The molecule has 0 unspecified atom stereocenters. The molecule has 0 aliphatic carbocycles. The van der Waals surface area contributed by atoms with Crippen molar-refractivity contribution in [3.8, 4) is 5.88 Å². The van der Waals surface area contributed by atoms with Crippen molar-refractivity contribution in [2.75, 3.05) is 13.2 Å². The van der Waals surface area contributed by atoms with E-state index in [0.29, 0.717) is 23.7 Å². The maximum absolute atomic E-state index is 5.57. The van der Waals surface area contributed by atoms with E-state index >= 15 is 0 Å². The van der Waals surface area contributed by atoms with Gasteiger partial charge in [-0.15, -0.1) is 22.6 Å². The van der Waals surface area contributed by atoms with E-state index in [9.17, 15) is 0 Å². The van der Waals surface area contributed by atoms with E-state index in [1.54, 1.807) is 12.1 Å². The molecule has 14 heavy (non-hydrogen) atoms. The fourth-order valence-electron chi connectivity index (χ4n) is 1.06. The first-order valence-corrected chi connectivity index (χ1v) is 4.58. The van der Waals surface area contributed by atoms with Gasteiger partial charge in [0.15, 0.2) is 5.15 Å². The van der Waals surface area contributed by atoms with Gasteiger partial charge in [-0.1, -0.05) is 11.6 Å². The third-order valence-corrected chi connectivity index (χ3v) is 2.17. The van der Waals surface area contributed by atoms with Crippen LogP contribution in [0.1, 0.15) is 6.42 Å². The first kappa shape index (κ1) is 11.5. The van der Waals surface area contributed by atoms with Gasteiger partial charge < -0.3 is 10.1 Å². The van der Waals surface area contributed by atoms with E-state index in [-0.39, 0.29) is 12.4 Å². The van der Waals surface area contributed by atoms with E-state index in [0.717, 1.165) is 6.54 Å². The third kappa shape index (κ3) is 2.97. The summed E-state index contributed by atoms with van der Waals surface area (Å²) < 4.78 is 5.37. The minimum atomic E-state index is 0. The Kier molecular flexibility index (Phi) is 4.38. The average molecular weight is 236 g/mol. The number of ether oxygens (including phenoxy) is 1. The lowest BCUT2D eigenvalue weighted by Gasteiger charge is -2.26. The van der Waals surface area contributed by atoms with Gasteiger partial charge >= 0.3 is 0 Å². The quantitative estimate of drug-likeness (QED) is 0.859. The van der Waals surface area contributed by atoms with Gasteiger partial charge in [0.25, 0.3) is 0 Å². The summed E-state index contributed by atoms with van der Waals surface area (Å²) in [6, 6.07) is 3.85. The molecular formula is C8H11Cl2N3O. The van der Waals surface area contributed by atoms with Crippen LogP contribution in [0.4, 0.5) is 0 Å². The molecule has 0 radical (unpaired) electrons. The Morgan fingerprint density at radius 2 is 2.29 bits per heavy atom. The van der Waals surface area contributed by atoms with Crippen LogP contribution in [0, 0.1) is 0 Å². The number of hydrogen-bond donors (Lipinski definition) is 1. The van der Waals surface area contributed by atoms with Crippen LogP contribution < -0.4 is 10.1 Å². The Balaban J connectivity index is 0.000000980. The standard InChI is InChI=1S/C8H10ClN3O.ClH/c9-7-1-2-8(12-11-7)13-5-6-3-4-10-6;/h1-2,6,10H,3-5H2;1H/t6-;/m0./s1. The summed E-state index contributed by atoms with van der Waals surface area (Å²) in [5, 5.41) is 11.1. The first-order chi connectivity index (χ1) is 6.34. The van der Waals surface area contributed by atoms with Crippen molar-refractivity contribution in [3.63, 3.8) is 0 Å². The molecule has 0 aromatic carbocycles. The fourth-order valence-corrected chi connectivity index (χ4v) is 1.16. The zero-order chi connectivity index (χ0) is 9.10. The smallest absolute Gasteiger partial charge is 0.233 e. The number of halogens is 2. The molecule has 1 atom stereocenters. The lowest BCUT2D eigenvalue weighted by Crippen LogP contribution is -2.46. The number of nitrogens with zero attached hydrogens (tertiary/aromatic N) is 2. The summed E-state index contributed by atoms with van der Waals surface area (Å²) in [6.07, 6.45) is 1.17. The van der Waals surface area contributed by atoms with Gasteiger partial charge in [0, 0.05) is 12.1 Å². The van der Waals surface area contributed by atoms with Crippen LogP contribution >= 0.6 is 24.0 Å². The van der Waals surface area contributed by atoms with Crippen LogP contribution in [-0.4, -0.2) is 29.4 Å². The highest BCUT2D eigenvalue weighted by Gasteiger charge is 2.16. The largest absolute Gasteiger partial charge is 0.475 e. The molecule has 2 heterocycles. The molecule has 1 saturated heterocycles. The first-order valence-electron chi connectivity index (χ1n) is 4.20. The number of rotatable bonds is 3. The number of hydrogen-bond acceptors (Lipinski definition) is 4. The van der Waals surface area contributed by atoms with E-state index in [1.165, 1.54) is 6.42 Å². The highest BCUT2D eigenvalue weighted by molar-refractivity contribution is 6.29. The maximum Gasteiger partial charge on any atom is 0.233 e. The molecule has 1 aromatic rings. The molecule has 0 bridgehead atoms. The molecule has 78 valence electrons.